The minimum atomic E-state index is -0.766. The van der Waals surface area contributed by atoms with Crippen LogP contribution in [0.1, 0.15) is 12.8 Å². The Balaban J connectivity index is 2.13. The predicted octanol–water partition coefficient (Wildman–Crippen LogP) is 0.820. The molecule has 0 bridgehead atoms. The summed E-state index contributed by atoms with van der Waals surface area (Å²) in [6.45, 7) is 0. The number of carboxylic acids is 1. The number of carbonyl (C=O) groups is 1. The second-order valence-corrected chi connectivity index (χ2v) is 1.83. The van der Waals surface area contributed by atoms with Gasteiger partial charge in [0.25, 0.3) is 0 Å². The van der Waals surface area contributed by atoms with Crippen molar-refractivity contribution >= 4 is 12.2 Å². The molecule has 0 aromatic carbocycles. The van der Waals surface area contributed by atoms with Gasteiger partial charge in [0, 0.05) is 18.3 Å². The van der Waals surface area contributed by atoms with Gasteiger partial charge >= 0.3 is 5.97 Å². The maximum Gasteiger partial charge on any atom is 0.303 e. The number of rotatable bonds is 3. The quantitative estimate of drug-likeness (QED) is 0.607. The Kier molecular flexibility index (Phi) is 1.63. The van der Waals surface area contributed by atoms with Crippen LogP contribution < -0.4 is 0 Å². The lowest BCUT2D eigenvalue weighted by atomic mass is 10.2. The van der Waals surface area contributed by atoms with Crippen LogP contribution in [-0.2, 0) is 4.79 Å². The first kappa shape index (κ1) is 6.01. The Bertz CT molecular complexity index is 181. The summed E-state index contributed by atoms with van der Waals surface area (Å²) >= 11 is 0. The summed E-state index contributed by atoms with van der Waals surface area (Å²) in [7, 11) is 0. The summed E-state index contributed by atoms with van der Waals surface area (Å²) in [5, 5.41) is 8.20. The molecule has 0 amide bonds. The lowest BCUT2D eigenvalue weighted by Gasteiger charge is -2.02. The van der Waals surface area contributed by atoms with Crippen molar-refractivity contribution < 1.29 is 9.90 Å². The number of aliphatic carboxylic acids is 1. The molecule has 0 unspecified atom stereocenters. The largest absolute Gasteiger partial charge is 0.481 e. The van der Waals surface area contributed by atoms with Gasteiger partial charge < -0.3 is 5.11 Å². The fourth-order valence-corrected chi connectivity index (χ4v) is 0.563. The van der Waals surface area contributed by atoms with E-state index in [4.69, 9.17) is 5.11 Å². The Morgan fingerprint density at radius 1 is 1.78 bits per heavy atom. The molecule has 9 heavy (non-hydrogen) atoms. The van der Waals surface area contributed by atoms with Crippen LogP contribution in [0.2, 0.25) is 0 Å². The van der Waals surface area contributed by atoms with Gasteiger partial charge in [0.05, 0.1) is 6.42 Å². The first-order valence-electron chi connectivity index (χ1n) is 2.74. The van der Waals surface area contributed by atoms with Crippen LogP contribution in [0, 0.1) is 0 Å². The molecule has 0 saturated heterocycles. The van der Waals surface area contributed by atoms with Gasteiger partial charge in [-0.3, -0.25) is 9.79 Å². The molecule has 1 N–H and O–H groups in total. The zero-order valence-corrected chi connectivity index (χ0v) is 4.87. The van der Waals surface area contributed by atoms with Gasteiger partial charge in [0.2, 0.25) is 0 Å². The molecule has 0 aromatic heterocycles. The first-order valence-corrected chi connectivity index (χ1v) is 2.74. The van der Waals surface area contributed by atoms with Gasteiger partial charge in [0.15, 0.2) is 0 Å². The van der Waals surface area contributed by atoms with Gasteiger partial charge in [-0.15, -0.1) is 0 Å². The Morgan fingerprint density at radius 3 is 2.78 bits per heavy atom. The third-order valence-electron chi connectivity index (χ3n) is 1.10. The normalized spacial score (nSPS) is 14.4. The highest BCUT2D eigenvalue weighted by Crippen LogP contribution is 2.10. The third-order valence-corrected chi connectivity index (χ3v) is 1.10. The molecule has 1 aliphatic rings. The molecule has 1 aliphatic heterocycles. The van der Waals surface area contributed by atoms with Crippen molar-refractivity contribution in [3.8, 4) is 0 Å². The van der Waals surface area contributed by atoms with Crippen LogP contribution >= 0.6 is 0 Å². The molecule has 0 aliphatic carbocycles. The second-order valence-electron chi connectivity index (χ2n) is 1.83. The van der Waals surface area contributed by atoms with Gasteiger partial charge in [-0.2, -0.15) is 0 Å². The SMILES string of the molecule is O=C(O)CCC1=CC=N1. The lowest BCUT2D eigenvalue weighted by Crippen LogP contribution is -1.97. The fraction of sp³-hybridized carbons (Fsp3) is 0.333. The van der Waals surface area contributed by atoms with E-state index in [0.717, 1.165) is 5.70 Å². The average molecular weight is 125 g/mol. The molecule has 0 aromatic rings. The minimum absolute atomic E-state index is 0.184. The monoisotopic (exact) mass is 125 g/mol. The molecule has 0 radical (unpaired) electrons. The van der Waals surface area contributed by atoms with Crippen LogP contribution in [0.25, 0.3) is 0 Å². The Morgan fingerprint density at radius 2 is 2.44 bits per heavy atom. The van der Waals surface area contributed by atoms with E-state index in [1.165, 1.54) is 0 Å². The number of nitrogens with zero attached hydrogens (tertiary/aromatic N) is 1. The van der Waals surface area contributed by atoms with Crippen LogP contribution in [0.15, 0.2) is 16.8 Å². The Hall–Kier alpha value is -1.12. The van der Waals surface area contributed by atoms with E-state index in [0.29, 0.717) is 6.42 Å². The van der Waals surface area contributed by atoms with E-state index in [2.05, 4.69) is 4.99 Å². The van der Waals surface area contributed by atoms with Crippen molar-refractivity contribution in [2.75, 3.05) is 0 Å². The maximum atomic E-state index is 9.96. The van der Waals surface area contributed by atoms with E-state index in [1.807, 2.05) is 6.08 Å². The molecule has 1 rings (SSSR count). The van der Waals surface area contributed by atoms with Crippen molar-refractivity contribution in [2.24, 2.45) is 4.99 Å². The third kappa shape index (κ3) is 1.68. The van der Waals surface area contributed by atoms with Crippen molar-refractivity contribution in [2.45, 2.75) is 12.8 Å². The molecule has 0 atom stereocenters. The molecular formula is C6H7NO2. The second kappa shape index (κ2) is 2.44. The minimum Gasteiger partial charge on any atom is -0.481 e. The zero-order chi connectivity index (χ0) is 6.69. The van der Waals surface area contributed by atoms with Crippen LogP contribution in [0.5, 0.6) is 0 Å². The van der Waals surface area contributed by atoms with Crippen LogP contribution in [0.4, 0.5) is 0 Å². The molecule has 48 valence electrons. The molecule has 0 spiro atoms. The molecule has 3 heteroatoms. The summed E-state index contributed by atoms with van der Waals surface area (Å²) < 4.78 is 0. The average Bonchev–Trinajstić information content (AvgIpc) is 1.60. The van der Waals surface area contributed by atoms with Gasteiger partial charge in [-0.1, -0.05) is 0 Å². The van der Waals surface area contributed by atoms with Gasteiger partial charge in [0.1, 0.15) is 0 Å². The van der Waals surface area contributed by atoms with E-state index >= 15 is 0 Å². The molecule has 1 heterocycles. The summed E-state index contributed by atoms with van der Waals surface area (Å²) in [5.41, 5.74) is 0.886. The summed E-state index contributed by atoms with van der Waals surface area (Å²) in [6, 6.07) is 0. The number of hydrogen-bond acceptors (Lipinski definition) is 2. The van der Waals surface area contributed by atoms with Crippen molar-refractivity contribution in [1.29, 1.82) is 0 Å². The number of carboxylic acid groups (broad SMARTS) is 1. The fourth-order valence-electron chi connectivity index (χ4n) is 0.563. The zero-order valence-electron chi connectivity index (χ0n) is 4.87. The number of hydrogen-bond donors (Lipinski definition) is 1. The van der Waals surface area contributed by atoms with E-state index in [-0.39, 0.29) is 6.42 Å². The van der Waals surface area contributed by atoms with Crippen LogP contribution in [-0.4, -0.2) is 17.3 Å². The highest BCUT2D eigenvalue weighted by molar-refractivity contribution is 5.79. The maximum absolute atomic E-state index is 9.96. The molecule has 0 fully saturated rings. The van der Waals surface area contributed by atoms with Crippen LogP contribution in [0.3, 0.4) is 0 Å². The highest BCUT2D eigenvalue weighted by Gasteiger charge is 2.02. The topological polar surface area (TPSA) is 49.7 Å². The summed E-state index contributed by atoms with van der Waals surface area (Å²) in [4.78, 5) is 13.8. The number of allylic oxidation sites excluding steroid dienone is 2. The van der Waals surface area contributed by atoms with E-state index < -0.39 is 5.97 Å². The van der Waals surface area contributed by atoms with E-state index in [1.54, 1.807) is 6.21 Å². The molecular weight excluding hydrogens is 118 g/mol. The van der Waals surface area contributed by atoms with Gasteiger partial charge in [-0.25, -0.2) is 0 Å². The van der Waals surface area contributed by atoms with Crippen molar-refractivity contribution in [3.05, 3.63) is 11.8 Å². The van der Waals surface area contributed by atoms with Crippen molar-refractivity contribution in [3.63, 3.8) is 0 Å². The van der Waals surface area contributed by atoms with Gasteiger partial charge in [-0.05, 0) is 6.08 Å². The smallest absolute Gasteiger partial charge is 0.303 e. The highest BCUT2D eigenvalue weighted by atomic mass is 16.4. The number of aliphatic imine (C=N–C) groups is 1. The Labute approximate surface area is 52.7 Å². The van der Waals surface area contributed by atoms with Crippen molar-refractivity contribution in [1.82, 2.24) is 0 Å². The van der Waals surface area contributed by atoms with E-state index in [9.17, 15) is 4.79 Å². The first-order chi connectivity index (χ1) is 4.29. The standard InChI is InChI=1S/C6H7NO2/c8-6(9)2-1-5-3-4-7-5/h3-4H,1-2H2,(H,8,9). The lowest BCUT2D eigenvalue weighted by molar-refractivity contribution is -0.136. The molecule has 0 saturated carbocycles. The summed E-state index contributed by atoms with van der Waals surface area (Å²) in [6.07, 6.45) is 4.23. The molecule has 3 nitrogen and oxygen atoms in total. The summed E-state index contributed by atoms with van der Waals surface area (Å²) in [5.74, 6) is -0.766. The predicted molar refractivity (Wildman–Crippen MR) is 33.4 cm³/mol.